The molecule has 304 valence electrons. The van der Waals surface area contributed by atoms with E-state index in [0.29, 0.717) is 0 Å². The average Bonchev–Trinajstić information content (AvgIpc) is 3.87. The van der Waals surface area contributed by atoms with Crippen molar-refractivity contribution in [2.75, 3.05) is 9.71 Å². The molecule has 0 aliphatic carbocycles. The molecule has 3 nitrogen and oxygen atoms in total. The number of hydrogen-bond donors (Lipinski definition) is 0. The summed E-state index contributed by atoms with van der Waals surface area (Å²) in [5, 5.41) is 3.52. The minimum atomic E-state index is -0.110. The van der Waals surface area contributed by atoms with Crippen LogP contribution in [0.25, 0.3) is 65.4 Å². The highest BCUT2D eigenvalue weighted by molar-refractivity contribution is 7.32. The summed E-state index contributed by atoms with van der Waals surface area (Å²) in [5.41, 5.74) is 18.9. The molecular weight excluding hydrogens is 784 g/mol. The molecular formula is C58H47BN2OS. The largest absolute Gasteiger partial charge is 0.456 e. The van der Waals surface area contributed by atoms with Gasteiger partial charge in [0.25, 0.3) is 0 Å². The van der Waals surface area contributed by atoms with Crippen LogP contribution in [0.4, 0.5) is 28.4 Å². The Labute approximate surface area is 374 Å². The van der Waals surface area contributed by atoms with Crippen molar-refractivity contribution in [1.29, 1.82) is 0 Å². The summed E-state index contributed by atoms with van der Waals surface area (Å²) in [7, 11) is 0. The van der Waals surface area contributed by atoms with Crippen LogP contribution in [0.5, 0.6) is 0 Å². The molecule has 0 amide bonds. The Kier molecular flexibility index (Phi) is 8.33. The smallest absolute Gasteiger partial charge is 0.343 e. The van der Waals surface area contributed by atoms with Gasteiger partial charge in [-0.3, -0.25) is 0 Å². The minimum Gasteiger partial charge on any atom is -0.456 e. The lowest BCUT2D eigenvalue weighted by Gasteiger charge is -2.45. The quantitative estimate of drug-likeness (QED) is 0.165. The first-order valence-corrected chi connectivity index (χ1v) is 22.9. The third-order valence-corrected chi connectivity index (χ3v) is 14.6. The second kappa shape index (κ2) is 13.8. The van der Waals surface area contributed by atoms with Crippen LogP contribution in [0.1, 0.15) is 52.7 Å². The van der Waals surface area contributed by atoms with Gasteiger partial charge in [-0.2, -0.15) is 0 Å². The maximum atomic E-state index is 6.70. The van der Waals surface area contributed by atoms with E-state index in [9.17, 15) is 0 Å². The normalized spacial score (nSPS) is 13.5. The molecule has 0 radical (unpaired) electrons. The van der Waals surface area contributed by atoms with Crippen molar-refractivity contribution in [3.8, 4) is 33.4 Å². The van der Waals surface area contributed by atoms with Gasteiger partial charge in [-0.15, -0.1) is 11.3 Å². The number of para-hydroxylation sites is 1. The van der Waals surface area contributed by atoms with Crippen LogP contribution in [0.2, 0.25) is 0 Å². The minimum absolute atomic E-state index is 0.0246. The van der Waals surface area contributed by atoms with Gasteiger partial charge in [0.05, 0.1) is 11.4 Å². The Hall–Kier alpha value is -6.82. The highest BCUT2D eigenvalue weighted by atomic mass is 32.1. The molecule has 0 bridgehead atoms. The third-order valence-electron chi connectivity index (χ3n) is 13.3. The molecule has 8 aromatic carbocycles. The number of hydrogen-bond acceptors (Lipinski definition) is 4. The number of fused-ring (bicyclic) bond motifs is 9. The van der Waals surface area contributed by atoms with Gasteiger partial charge in [-0.25, -0.2) is 0 Å². The summed E-state index contributed by atoms with van der Waals surface area (Å²) in [6.07, 6.45) is 0. The van der Waals surface area contributed by atoms with Crippen LogP contribution in [-0.4, -0.2) is 6.85 Å². The molecule has 2 aromatic heterocycles. The predicted molar refractivity (Wildman–Crippen MR) is 271 cm³/mol. The summed E-state index contributed by atoms with van der Waals surface area (Å²) in [6.45, 7) is 13.7. The molecule has 0 unspecified atom stereocenters. The zero-order valence-electron chi connectivity index (χ0n) is 36.5. The fourth-order valence-corrected chi connectivity index (χ4v) is 11.4. The van der Waals surface area contributed by atoms with Crippen LogP contribution in [0.15, 0.2) is 180 Å². The Morgan fingerprint density at radius 3 is 1.84 bits per heavy atom. The first kappa shape index (κ1) is 37.9. The van der Waals surface area contributed by atoms with Gasteiger partial charge in [0.1, 0.15) is 11.2 Å². The third kappa shape index (κ3) is 5.93. The van der Waals surface area contributed by atoms with Crippen LogP contribution in [0.3, 0.4) is 0 Å². The van der Waals surface area contributed by atoms with E-state index >= 15 is 0 Å². The highest BCUT2D eigenvalue weighted by Gasteiger charge is 2.48. The van der Waals surface area contributed by atoms with E-state index in [1.165, 1.54) is 93.3 Å². The van der Waals surface area contributed by atoms with Gasteiger partial charge in [0.15, 0.2) is 0 Å². The van der Waals surface area contributed by atoms with Crippen LogP contribution >= 0.6 is 11.3 Å². The van der Waals surface area contributed by atoms with E-state index in [1.807, 2.05) is 11.3 Å². The molecule has 0 spiro atoms. The van der Waals surface area contributed by atoms with E-state index in [4.69, 9.17) is 4.42 Å². The second-order valence-electron chi connectivity index (χ2n) is 19.4. The highest BCUT2D eigenvalue weighted by Crippen LogP contribution is 2.53. The monoisotopic (exact) mass is 830 g/mol. The second-order valence-corrected chi connectivity index (χ2v) is 20.4. The summed E-state index contributed by atoms with van der Waals surface area (Å²) in [5.74, 6) is 0. The molecule has 0 atom stereocenters. The molecule has 63 heavy (non-hydrogen) atoms. The first-order valence-electron chi connectivity index (χ1n) is 22.1. The standard InChI is InChI=1S/C58H47BN2OS/c1-57(2,3)39-25-28-41(29-26-39)61-49-34-46-42-21-13-15-23-51(42)62-52(46)35-45(49)47-31-38(36-17-9-7-10-18-36)32-50-54(47)59(61)56-55(43-22-14-16-24-53(43)63-56)60(50)48-30-27-40(58(4,5)6)33-44(48)37-19-11-8-12-20-37/h7-35H,1-6H3. The SMILES string of the molecule is CC(C)(C)c1ccc(N2B3c4sc5ccccc5c4N(c4ccc(C(C)(C)C)cc4-c4ccccc4)c4cc(-c5ccccc5)cc(c43)-c3cc4oc5ccccc5c4cc32)cc1. The summed E-state index contributed by atoms with van der Waals surface area (Å²) in [4.78, 5) is 5.26. The molecule has 0 saturated carbocycles. The summed E-state index contributed by atoms with van der Waals surface area (Å²) in [6, 6.07) is 65.5. The number of anilines is 5. The van der Waals surface area contributed by atoms with Crippen molar-refractivity contribution in [2.24, 2.45) is 0 Å². The lowest BCUT2D eigenvalue weighted by Crippen LogP contribution is -2.60. The number of nitrogens with zero attached hydrogens (tertiary/aromatic N) is 2. The van der Waals surface area contributed by atoms with Gasteiger partial charge < -0.3 is 14.1 Å². The zero-order chi connectivity index (χ0) is 42.8. The first-order chi connectivity index (χ1) is 30.5. The van der Waals surface area contributed by atoms with Crippen molar-refractivity contribution >= 4 is 88.9 Å². The molecule has 4 heterocycles. The number of furan rings is 1. The Balaban J connectivity index is 1.24. The van der Waals surface area contributed by atoms with Gasteiger partial charge in [-0.05, 0) is 110 Å². The molecule has 10 aromatic rings. The number of rotatable bonds is 4. The lowest BCUT2D eigenvalue weighted by atomic mass is 9.46. The van der Waals surface area contributed by atoms with E-state index in [2.05, 4.69) is 227 Å². The van der Waals surface area contributed by atoms with Gasteiger partial charge in [-0.1, -0.05) is 157 Å². The topological polar surface area (TPSA) is 19.6 Å². The number of thiophene rings is 1. The predicted octanol–water partition coefficient (Wildman–Crippen LogP) is 15.4. The molecule has 0 saturated heterocycles. The van der Waals surface area contributed by atoms with E-state index < -0.39 is 0 Å². The Bertz CT molecular complexity index is 3420. The average molecular weight is 831 g/mol. The summed E-state index contributed by atoms with van der Waals surface area (Å²) >= 11 is 1.93. The number of benzene rings is 8. The van der Waals surface area contributed by atoms with Gasteiger partial charge in [0.2, 0.25) is 0 Å². The summed E-state index contributed by atoms with van der Waals surface area (Å²) < 4.78 is 9.32. The fraction of sp³-hybridized carbons (Fsp3) is 0.138. The molecule has 12 rings (SSSR count). The molecule has 0 fully saturated rings. The van der Waals surface area contributed by atoms with Crippen molar-refractivity contribution in [2.45, 2.75) is 52.4 Å². The van der Waals surface area contributed by atoms with Crippen molar-refractivity contribution in [3.05, 3.63) is 187 Å². The molecule has 2 aliphatic heterocycles. The maximum Gasteiger partial charge on any atom is 0.343 e. The molecule has 2 aliphatic rings. The van der Waals surface area contributed by atoms with E-state index in [-0.39, 0.29) is 17.7 Å². The lowest BCUT2D eigenvalue weighted by molar-refractivity contribution is 0.590. The zero-order valence-corrected chi connectivity index (χ0v) is 37.3. The van der Waals surface area contributed by atoms with E-state index in [0.717, 1.165) is 21.9 Å². The van der Waals surface area contributed by atoms with Crippen molar-refractivity contribution < 1.29 is 4.42 Å². The molecule has 5 heteroatoms. The van der Waals surface area contributed by atoms with Crippen LogP contribution in [-0.2, 0) is 10.8 Å². The fourth-order valence-electron chi connectivity index (χ4n) is 10.1. The van der Waals surface area contributed by atoms with Crippen LogP contribution < -0.4 is 20.0 Å². The van der Waals surface area contributed by atoms with Crippen molar-refractivity contribution in [1.82, 2.24) is 0 Å². The van der Waals surface area contributed by atoms with Gasteiger partial charge in [0, 0.05) is 53.8 Å². The van der Waals surface area contributed by atoms with E-state index in [1.54, 1.807) is 0 Å². The van der Waals surface area contributed by atoms with Crippen molar-refractivity contribution in [3.63, 3.8) is 0 Å². The Morgan fingerprint density at radius 2 is 1.11 bits per heavy atom. The Morgan fingerprint density at radius 1 is 0.460 bits per heavy atom. The molecule has 0 N–H and O–H groups in total. The van der Waals surface area contributed by atoms with Crippen LogP contribution in [0, 0.1) is 0 Å². The van der Waals surface area contributed by atoms with Gasteiger partial charge >= 0.3 is 6.85 Å². The maximum absolute atomic E-state index is 6.70.